The van der Waals surface area contributed by atoms with Gasteiger partial charge in [0.2, 0.25) is 0 Å². The van der Waals surface area contributed by atoms with Crippen molar-refractivity contribution in [2.75, 3.05) is 37.7 Å². The van der Waals surface area contributed by atoms with E-state index in [1.165, 1.54) is 0 Å². The van der Waals surface area contributed by atoms with Gasteiger partial charge in [-0.3, -0.25) is 4.79 Å². The Bertz CT molecular complexity index is 378. The van der Waals surface area contributed by atoms with E-state index in [0.717, 1.165) is 31.6 Å². The Kier molecular flexibility index (Phi) is 6.17. The van der Waals surface area contributed by atoms with Crippen LogP contribution in [0, 0.1) is 5.92 Å². The average molecular weight is 316 g/mol. The molecule has 120 valence electrons. The first-order chi connectivity index (χ1) is 10.1. The van der Waals surface area contributed by atoms with Gasteiger partial charge in [-0.2, -0.15) is 11.8 Å². The van der Waals surface area contributed by atoms with Crippen molar-refractivity contribution in [2.45, 2.75) is 31.7 Å². The number of piperidine rings is 1. The number of carbonyl (C=O) groups excluding carboxylic acids is 1. The van der Waals surface area contributed by atoms with Crippen molar-refractivity contribution in [1.82, 2.24) is 9.80 Å². The summed E-state index contributed by atoms with van der Waals surface area (Å²) in [5.41, 5.74) is 0. The summed E-state index contributed by atoms with van der Waals surface area (Å²) in [6.07, 6.45) is 2.77. The molecule has 7 heteroatoms. The summed E-state index contributed by atoms with van der Waals surface area (Å²) in [5.74, 6) is 1.09. The Morgan fingerprint density at radius 2 is 2.10 bits per heavy atom. The Hall–Kier alpha value is -0.950. The van der Waals surface area contributed by atoms with E-state index in [2.05, 4.69) is 0 Å². The molecule has 21 heavy (non-hydrogen) atoms. The lowest BCUT2D eigenvalue weighted by atomic mass is 9.95. The summed E-state index contributed by atoms with van der Waals surface area (Å²) in [4.78, 5) is 27.2. The van der Waals surface area contributed by atoms with Crippen LogP contribution in [0.15, 0.2) is 0 Å². The first kappa shape index (κ1) is 16.4. The Balaban J connectivity index is 1.97. The standard InChI is InChI=1S/C14H24N2O4S/c17-6-3-11-2-1-4-15(9-11)14(20)16-5-7-21-10-12(16)8-13(18)19/h11-12,17H,1-10H2,(H,18,19). The molecule has 2 rings (SSSR count). The zero-order valence-electron chi connectivity index (χ0n) is 12.2. The van der Waals surface area contributed by atoms with Gasteiger partial charge in [0.25, 0.3) is 0 Å². The summed E-state index contributed by atoms with van der Waals surface area (Å²) >= 11 is 1.71. The van der Waals surface area contributed by atoms with Crippen molar-refractivity contribution in [3.63, 3.8) is 0 Å². The largest absolute Gasteiger partial charge is 0.481 e. The third-order valence-electron chi connectivity index (χ3n) is 4.21. The van der Waals surface area contributed by atoms with Crippen molar-refractivity contribution in [1.29, 1.82) is 0 Å². The molecule has 2 unspecified atom stereocenters. The van der Waals surface area contributed by atoms with Gasteiger partial charge in [0.15, 0.2) is 0 Å². The van der Waals surface area contributed by atoms with Gasteiger partial charge in [0, 0.05) is 37.7 Å². The number of carboxylic acid groups (broad SMARTS) is 1. The quantitative estimate of drug-likeness (QED) is 0.811. The molecule has 0 saturated carbocycles. The molecule has 0 aromatic rings. The lowest BCUT2D eigenvalue weighted by Crippen LogP contribution is -2.54. The molecule has 2 fully saturated rings. The number of aliphatic hydroxyl groups excluding tert-OH is 1. The van der Waals surface area contributed by atoms with Crippen LogP contribution in [0.4, 0.5) is 4.79 Å². The van der Waals surface area contributed by atoms with Crippen LogP contribution >= 0.6 is 11.8 Å². The fourth-order valence-corrected chi connectivity index (χ4v) is 4.18. The first-order valence-electron chi connectivity index (χ1n) is 7.57. The van der Waals surface area contributed by atoms with E-state index in [-0.39, 0.29) is 25.1 Å². The molecule has 0 aromatic heterocycles. The van der Waals surface area contributed by atoms with Crippen molar-refractivity contribution >= 4 is 23.8 Å². The molecule has 0 bridgehead atoms. The van der Waals surface area contributed by atoms with Crippen LogP contribution in [0.3, 0.4) is 0 Å². The maximum Gasteiger partial charge on any atom is 0.320 e. The van der Waals surface area contributed by atoms with E-state index < -0.39 is 5.97 Å². The Morgan fingerprint density at radius 1 is 1.29 bits per heavy atom. The molecule has 2 heterocycles. The monoisotopic (exact) mass is 316 g/mol. The second-order valence-corrected chi connectivity index (χ2v) is 6.92. The van der Waals surface area contributed by atoms with Crippen LogP contribution in [-0.4, -0.2) is 75.8 Å². The van der Waals surface area contributed by atoms with Crippen molar-refractivity contribution in [2.24, 2.45) is 5.92 Å². The lowest BCUT2D eigenvalue weighted by molar-refractivity contribution is -0.138. The van der Waals surface area contributed by atoms with Gasteiger partial charge in [-0.1, -0.05) is 0 Å². The Morgan fingerprint density at radius 3 is 2.81 bits per heavy atom. The highest BCUT2D eigenvalue weighted by Gasteiger charge is 2.33. The highest BCUT2D eigenvalue weighted by molar-refractivity contribution is 7.99. The lowest BCUT2D eigenvalue weighted by Gasteiger charge is -2.41. The molecule has 0 radical (unpaired) electrons. The van der Waals surface area contributed by atoms with Gasteiger partial charge in [-0.15, -0.1) is 0 Å². The van der Waals surface area contributed by atoms with Gasteiger partial charge in [-0.25, -0.2) is 4.79 Å². The smallest absolute Gasteiger partial charge is 0.320 e. The van der Waals surface area contributed by atoms with Gasteiger partial charge >= 0.3 is 12.0 Å². The molecular formula is C14H24N2O4S. The summed E-state index contributed by atoms with van der Waals surface area (Å²) in [6.45, 7) is 2.21. The molecular weight excluding hydrogens is 292 g/mol. The molecule has 0 aliphatic carbocycles. The summed E-state index contributed by atoms with van der Waals surface area (Å²) in [6, 6.07) is -0.226. The minimum Gasteiger partial charge on any atom is -0.481 e. The maximum atomic E-state index is 12.7. The van der Waals surface area contributed by atoms with E-state index in [0.29, 0.717) is 24.8 Å². The highest BCUT2D eigenvalue weighted by atomic mass is 32.2. The fourth-order valence-electron chi connectivity index (χ4n) is 3.12. The number of aliphatic hydroxyl groups is 1. The molecule has 0 aromatic carbocycles. The number of aliphatic carboxylic acids is 1. The van der Waals surface area contributed by atoms with E-state index in [9.17, 15) is 9.59 Å². The number of thioether (sulfide) groups is 1. The second kappa shape index (κ2) is 7.89. The number of urea groups is 1. The van der Waals surface area contributed by atoms with Crippen LogP contribution < -0.4 is 0 Å². The zero-order chi connectivity index (χ0) is 15.2. The Labute approximate surface area is 129 Å². The predicted molar refractivity (Wildman–Crippen MR) is 81.5 cm³/mol. The van der Waals surface area contributed by atoms with Crippen LogP contribution in [0.25, 0.3) is 0 Å². The van der Waals surface area contributed by atoms with Crippen LogP contribution in [0.2, 0.25) is 0 Å². The van der Waals surface area contributed by atoms with Crippen LogP contribution in [-0.2, 0) is 4.79 Å². The summed E-state index contributed by atoms with van der Waals surface area (Å²) < 4.78 is 0. The molecule has 0 spiro atoms. The van der Waals surface area contributed by atoms with Crippen LogP contribution in [0.5, 0.6) is 0 Å². The molecule has 2 atom stereocenters. The first-order valence-corrected chi connectivity index (χ1v) is 8.73. The van der Waals surface area contributed by atoms with Gasteiger partial charge in [0.05, 0.1) is 12.5 Å². The number of carboxylic acids is 1. The molecule has 2 aliphatic rings. The van der Waals surface area contributed by atoms with E-state index in [1.54, 1.807) is 16.7 Å². The molecule has 2 N–H and O–H groups in total. The van der Waals surface area contributed by atoms with Crippen LogP contribution in [0.1, 0.15) is 25.7 Å². The SMILES string of the molecule is O=C(O)CC1CSCCN1C(=O)N1CCCC(CCO)C1. The van der Waals surface area contributed by atoms with E-state index in [4.69, 9.17) is 10.2 Å². The number of nitrogens with zero attached hydrogens (tertiary/aromatic N) is 2. The third-order valence-corrected chi connectivity index (χ3v) is 5.30. The molecule has 2 amide bonds. The highest BCUT2D eigenvalue weighted by Crippen LogP contribution is 2.24. The predicted octanol–water partition coefficient (Wildman–Crippen LogP) is 1.09. The van der Waals surface area contributed by atoms with E-state index in [1.807, 2.05) is 4.90 Å². The topological polar surface area (TPSA) is 81.1 Å². The second-order valence-electron chi connectivity index (χ2n) is 5.77. The van der Waals surface area contributed by atoms with Gasteiger partial charge < -0.3 is 20.0 Å². The number of hydrogen-bond acceptors (Lipinski definition) is 4. The third kappa shape index (κ3) is 4.51. The average Bonchev–Trinajstić information content (AvgIpc) is 2.47. The molecule has 6 nitrogen and oxygen atoms in total. The van der Waals surface area contributed by atoms with Crippen molar-refractivity contribution < 1.29 is 19.8 Å². The van der Waals surface area contributed by atoms with E-state index >= 15 is 0 Å². The fraction of sp³-hybridized carbons (Fsp3) is 0.857. The number of rotatable bonds is 4. The summed E-state index contributed by atoms with van der Waals surface area (Å²) in [7, 11) is 0. The normalized spacial score (nSPS) is 26.7. The van der Waals surface area contributed by atoms with Crippen molar-refractivity contribution in [3.05, 3.63) is 0 Å². The van der Waals surface area contributed by atoms with Crippen molar-refractivity contribution in [3.8, 4) is 0 Å². The number of amides is 2. The van der Waals surface area contributed by atoms with Gasteiger partial charge in [-0.05, 0) is 25.2 Å². The number of carbonyl (C=O) groups is 2. The molecule has 2 saturated heterocycles. The molecule has 2 aliphatic heterocycles. The number of hydrogen-bond donors (Lipinski definition) is 2. The summed E-state index contributed by atoms with van der Waals surface area (Å²) in [5, 5.41) is 18.1. The number of likely N-dealkylation sites (tertiary alicyclic amines) is 1. The maximum absolute atomic E-state index is 12.7. The van der Waals surface area contributed by atoms with Gasteiger partial charge in [0.1, 0.15) is 0 Å². The minimum absolute atomic E-state index is 0.0205. The minimum atomic E-state index is -0.850. The zero-order valence-corrected chi connectivity index (χ0v) is 13.1.